The van der Waals surface area contributed by atoms with Crippen molar-refractivity contribution in [3.05, 3.63) is 70.5 Å². The van der Waals surface area contributed by atoms with Gasteiger partial charge in [0.2, 0.25) is 5.82 Å². The van der Waals surface area contributed by atoms with E-state index < -0.39 is 4.92 Å². The van der Waals surface area contributed by atoms with Gasteiger partial charge >= 0.3 is 11.6 Å². The van der Waals surface area contributed by atoms with E-state index in [1.807, 2.05) is 26.0 Å². The summed E-state index contributed by atoms with van der Waals surface area (Å²) in [5.74, 6) is 1.10. The Balaban J connectivity index is 1.87. The topological polar surface area (TPSA) is 99.4 Å². The van der Waals surface area contributed by atoms with Crippen LogP contribution in [0.25, 0.3) is 0 Å². The fourth-order valence-corrected chi connectivity index (χ4v) is 2.54. The Labute approximate surface area is 162 Å². The Morgan fingerprint density at radius 1 is 1.00 bits per heavy atom. The number of benzene rings is 2. The molecule has 3 rings (SSSR count). The summed E-state index contributed by atoms with van der Waals surface area (Å²) in [6.45, 7) is 4.50. The summed E-state index contributed by atoms with van der Waals surface area (Å²) in [6.07, 6.45) is 2.11. The molecule has 144 valence electrons. The molecule has 3 aromatic rings. The summed E-state index contributed by atoms with van der Waals surface area (Å²) in [7, 11) is 0. The molecule has 8 heteroatoms. The summed E-state index contributed by atoms with van der Waals surface area (Å²) in [6, 6.07) is 14.4. The fourth-order valence-electron chi connectivity index (χ4n) is 2.54. The molecule has 0 amide bonds. The molecular formula is C20H20N4O4. The smallest absolute Gasteiger partial charge is 0.373 e. The van der Waals surface area contributed by atoms with Gasteiger partial charge in [-0.3, -0.25) is 10.1 Å². The average molecular weight is 380 g/mol. The molecule has 0 bridgehead atoms. The summed E-state index contributed by atoms with van der Waals surface area (Å²) >= 11 is 0. The maximum atomic E-state index is 11.6. The Morgan fingerprint density at radius 3 is 2.29 bits per heavy atom. The summed E-state index contributed by atoms with van der Waals surface area (Å²) in [5, 5.41) is 14.6. The molecule has 2 aromatic carbocycles. The lowest BCUT2D eigenvalue weighted by Crippen LogP contribution is -2.03. The molecule has 1 heterocycles. The lowest BCUT2D eigenvalue weighted by molar-refractivity contribution is -0.385. The third-order valence-corrected chi connectivity index (χ3v) is 3.95. The van der Waals surface area contributed by atoms with Crippen LogP contribution in [0.3, 0.4) is 0 Å². The third-order valence-electron chi connectivity index (χ3n) is 3.95. The zero-order valence-corrected chi connectivity index (χ0v) is 15.6. The van der Waals surface area contributed by atoms with Crippen LogP contribution in [0.15, 0.2) is 54.9 Å². The lowest BCUT2D eigenvalue weighted by atomic mass is 10.2. The highest BCUT2D eigenvalue weighted by molar-refractivity contribution is 5.69. The molecule has 0 unspecified atom stereocenters. The molecule has 28 heavy (non-hydrogen) atoms. The quantitative estimate of drug-likeness (QED) is 0.439. The van der Waals surface area contributed by atoms with Crippen LogP contribution in [0.5, 0.6) is 17.4 Å². The van der Waals surface area contributed by atoms with E-state index in [0.29, 0.717) is 23.8 Å². The number of nitro groups is 1. The maximum Gasteiger partial charge on any atom is 0.373 e. The van der Waals surface area contributed by atoms with E-state index in [1.165, 1.54) is 6.33 Å². The number of anilines is 2. The van der Waals surface area contributed by atoms with E-state index in [4.69, 9.17) is 9.47 Å². The van der Waals surface area contributed by atoms with Crippen LogP contribution >= 0.6 is 0 Å². The number of aromatic nitrogens is 2. The van der Waals surface area contributed by atoms with Crippen molar-refractivity contribution in [3.8, 4) is 17.4 Å². The molecule has 0 aliphatic rings. The van der Waals surface area contributed by atoms with Gasteiger partial charge in [0, 0.05) is 5.69 Å². The molecule has 1 N–H and O–H groups in total. The number of ether oxygens (including phenoxy) is 2. The van der Waals surface area contributed by atoms with Crippen LogP contribution in [-0.2, 0) is 6.42 Å². The van der Waals surface area contributed by atoms with Gasteiger partial charge in [-0.15, -0.1) is 0 Å². The highest BCUT2D eigenvalue weighted by Gasteiger charge is 2.25. The number of rotatable bonds is 8. The maximum absolute atomic E-state index is 11.6. The second kappa shape index (κ2) is 8.81. The van der Waals surface area contributed by atoms with Gasteiger partial charge in [0.15, 0.2) is 0 Å². The fraction of sp³-hybridized carbons (Fsp3) is 0.200. The van der Waals surface area contributed by atoms with Crippen molar-refractivity contribution >= 4 is 17.2 Å². The second-order valence-corrected chi connectivity index (χ2v) is 5.82. The normalized spacial score (nSPS) is 10.4. The van der Waals surface area contributed by atoms with E-state index in [9.17, 15) is 10.1 Å². The number of hydrogen-bond donors (Lipinski definition) is 1. The summed E-state index contributed by atoms with van der Waals surface area (Å²) in [5.41, 5.74) is 1.43. The van der Waals surface area contributed by atoms with Gasteiger partial charge in [0.05, 0.1) is 11.5 Å². The van der Waals surface area contributed by atoms with Gasteiger partial charge in [-0.25, -0.2) is 4.98 Å². The van der Waals surface area contributed by atoms with E-state index in [-0.39, 0.29) is 17.4 Å². The van der Waals surface area contributed by atoms with Crippen molar-refractivity contribution in [1.29, 1.82) is 0 Å². The van der Waals surface area contributed by atoms with E-state index in [0.717, 1.165) is 12.0 Å². The standard InChI is InChI=1S/C20H20N4O4/c1-3-14-5-9-17(10-6-14)28-20-18(24(25)26)19(21-13-22-20)23-15-7-11-16(12-8-15)27-4-2/h5-13H,3-4H2,1-2H3,(H,21,22,23). The first-order chi connectivity index (χ1) is 13.6. The number of aryl methyl sites for hydroxylation is 1. The SMILES string of the molecule is CCOc1ccc(Nc2ncnc(Oc3ccc(CC)cc3)c2[N+](=O)[O-])cc1. The summed E-state index contributed by atoms with van der Waals surface area (Å²) < 4.78 is 11.0. The van der Waals surface area contributed by atoms with Crippen molar-refractivity contribution in [2.75, 3.05) is 11.9 Å². The predicted octanol–water partition coefficient (Wildman–Crippen LogP) is 4.88. The zero-order chi connectivity index (χ0) is 19.9. The van der Waals surface area contributed by atoms with Gasteiger partial charge < -0.3 is 14.8 Å². The predicted molar refractivity (Wildman–Crippen MR) is 105 cm³/mol. The molecule has 0 atom stereocenters. The third kappa shape index (κ3) is 4.53. The first-order valence-corrected chi connectivity index (χ1v) is 8.86. The Hall–Kier alpha value is -3.68. The monoisotopic (exact) mass is 380 g/mol. The molecule has 0 aliphatic heterocycles. The van der Waals surface area contributed by atoms with Crippen LogP contribution in [0.2, 0.25) is 0 Å². The van der Waals surface area contributed by atoms with Crippen LogP contribution in [0.1, 0.15) is 19.4 Å². The first-order valence-electron chi connectivity index (χ1n) is 8.86. The summed E-state index contributed by atoms with van der Waals surface area (Å²) in [4.78, 5) is 19.0. The highest BCUT2D eigenvalue weighted by atomic mass is 16.6. The van der Waals surface area contributed by atoms with Gasteiger partial charge in [0.25, 0.3) is 0 Å². The minimum absolute atomic E-state index is 0.0457. The Morgan fingerprint density at radius 2 is 1.68 bits per heavy atom. The van der Waals surface area contributed by atoms with Crippen molar-refractivity contribution in [2.24, 2.45) is 0 Å². The lowest BCUT2D eigenvalue weighted by Gasteiger charge is -2.10. The molecule has 0 fully saturated rings. The highest BCUT2D eigenvalue weighted by Crippen LogP contribution is 2.35. The first kappa shape index (κ1) is 19.1. The molecule has 0 saturated heterocycles. The van der Waals surface area contributed by atoms with E-state index in [2.05, 4.69) is 15.3 Å². The molecule has 0 spiro atoms. The van der Waals surface area contributed by atoms with Gasteiger partial charge in [-0.1, -0.05) is 19.1 Å². The van der Waals surface area contributed by atoms with Crippen LogP contribution in [0.4, 0.5) is 17.2 Å². The van der Waals surface area contributed by atoms with E-state index >= 15 is 0 Å². The minimum Gasteiger partial charge on any atom is -0.494 e. The molecule has 0 saturated carbocycles. The molecule has 1 aromatic heterocycles. The number of hydrogen-bond acceptors (Lipinski definition) is 7. The van der Waals surface area contributed by atoms with Gasteiger partial charge in [-0.2, -0.15) is 4.98 Å². The van der Waals surface area contributed by atoms with Crippen LogP contribution < -0.4 is 14.8 Å². The van der Waals surface area contributed by atoms with Gasteiger partial charge in [0.1, 0.15) is 17.8 Å². The number of nitrogens with zero attached hydrogens (tertiary/aromatic N) is 3. The van der Waals surface area contributed by atoms with Crippen LogP contribution in [0, 0.1) is 10.1 Å². The molecule has 0 radical (unpaired) electrons. The van der Waals surface area contributed by atoms with Crippen molar-refractivity contribution in [3.63, 3.8) is 0 Å². The van der Waals surface area contributed by atoms with Crippen molar-refractivity contribution < 1.29 is 14.4 Å². The molecular weight excluding hydrogens is 360 g/mol. The number of nitrogens with one attached hydrogen (secondary N) is 1. The largest absolute Gasteiger partial charge is 0.494 e. The van der Waals surface area contributed by atoms with Crippen LogP contribution in [-0.4, -0.2) is 21.5 Å². The average Bonchev–Trinajstić information content (AvgIpc) is 2.70. The van der Waals surface area contributed by atoms with E-state index in [1.54, 1.807) is 36.4 Å². The van der Waals surface area contributed by atoms with Crippen molar-refractivity contribution in [2.45, 2.75) is 20.3 Å². The molecule has 8 nitrogen and oxygen atoms in total. The second-order valence-electron chi connectivity index (χ2n) is 5.82. The Kier molecular flexibility index (Phi) is 6.01. The minimum atomic E-state index is -0.563. The van der Waals surface area contributed by atoms with Gasteiger partial charge in [-0.05, 0) is 55.3 Å². The Bertz CT molecular complexity index is 943. The zero-order valence-electron chi connectivity index (χ0n) is 15.6. The van der Waals surface area contributed by atoms with Crippen molar-refractivity contribution in [1.82, 2.24) is 9.97 Å². The molecule has 0 aliphatic carbocycles.